The molecular formula is C75H126O6. The lowest BCUT2D eigenvalue weighted by Gasteiger charge is -2.18. The van der Waals surface area contributed by atoms with E-state index in [4.69, 9.17) is 14.2 Å². The third-order valence-electron chi connectivity index (χ3n) is 14.5. The summed E-state index contributed by atoms with van der Waals surface area (Å²) < 4.78 is 16.8. The Labute approximate surface area is 501 Å². The van der Waals surface area contributed by atoms with Gasteiger partial charge in [-0.05, 0) is 116 Å². The van der Waals surface area contributed by atoms with Crippen LogP contribution in [0.1, 0.15) is 316 Å². The van der Waals surface area contributed by atoms with E-state index in [9.17, 15) is 14.4 Å². The van der Waals surface area contributed by atoms with Crippen molar-refractivity contribution >= 4 is 17.9 Å². The molecule has 0 heterocycles. The van der Waals surface area contributed by atoms with Crippen molar-refractivity contribution in [3.05, 3.63) is 122 Å². The zero-order chi connectivity index (χ0) is 58.5. The molecular weight excluding hydrogens is 997 g/mol. The topological polar surface area (TPSA) is 78.9 Å². The van der Waals surface area contributed by atoms with Gasteiger partial charge in [-0.2, -0.15) is 0 Å². The second kappa shape index (κ2) is 68.3. The summed E-state index contributed by atoms with van der Waals surface area (Å²) in [5, 5.41) is 0. The van der Waals surface area contributed by atoms with Crippen LogP contribution in [0.25, 0.3) is 0 Å². The first kappa shape index (κ1) is 76.8. The van der Waals surface area contributed by atoms with E-state index in [1.54, 1.807) is 0 Å². The molecule has 6 heteroatoms. The largest absolute Gasteiger partial charge is 0.462 e. The summed E-state index contributed by atoms with van der Waals surface area (Å²) in [6, 6.07) is 0. The molecule has 0 aliphatic heterocycles. The molecule has 0 amide bonds. The number of hydrogen-bond donors (Lipinski definition) is 0. The number of unbranched alkanes of at least 4 members (excludes halogenated alkanes) is 30. The number of ether oxygens (including phenoxy) is 3. The average Bonchev–Trinajstić information content (AvgIpc) is 3.47. The summed E-state index contributed by atoms with van der Waals surface area (Å²) in [5.74, 6) is -0.906. The van der Waals surface area contributed by atoms with Crippen LogP contribution in [0.15, 0.2) is 122 Å². The number of allylic oxidation sites excluding steroid dienone is 20. The van der Waals surface area contributed by atoms with Crippen molar-refractivity contribution < 1.29 is 28.6 Å². The van der Waals surface area contributed by atoms with Crippen molar-refractivity contribution in [1.29, 1.82) is 0 Å². The fourth-order valence-electron chi connectivity index (χ4n) is 9.37. The first-order valence-corrected chi connectivity index (χ1v) is 34.0. The van der Waals surface area contributed by atoms with Gasteiger partial charge in [-0.15, -0.1) is 0 Å². The van der Waals surface area contributed by atoms with Crippen LogP contribution in [0.5, 0.6) is 0 Å². The molecule has 81 heavy (non-hydrogen) atoms. The Balaban J connectivity index is 4.07. The number of carbonyl (C=O) groups excluding carboxylic acids is 3. The third kappa shape index (κ3) is 66.5. The predicted molar refractivity (Wildman–Crippen MR) is 353 cm³/mol. The smallest absolute Gasteiger partial charge is 0.306 e. The molecule has 1 atom stereocenters. The van der Waals surface area contributed by atoms with Gasteiger partial charge in [0.05, 0.1) is 0 Å². The number of esters is 3. The van der Waals surface area contributed by atoms with Gasteiger partial charge in [-0.3, -0.25) is 14.4 Å². The van der Waals surface area contributed by atoms with Crippen LogP contribution in [0.3, 0.4) is 0 Å². The molecule has 0 rings (SSSR count). The highest BCUT2D eigenvalue weighted by Crippen LogP contribution is 2.16. The van der Waals surface area contributed by atoms with Gasteiger partial charge in [0.15, 0.2) is 6.10 Å². The fraction of sp³-hybridized carbons (Fsp3) is 0.693. The third-order valence-corrected chi connectivity index (χ3v) is 14.5. The predicted octanol–water partition coefficient (Wildman–Crippen LogP) is 23.6. The Hall–Kier alpha value is -4.19. The molecule has 0 fully saturated rings. The van der Waals surface area contributed by atoms with E-state index in [2.05, 4.69) is 142 Å². The van der Waals surface area contributed by atoms with Crippen molar-refractivity contribution in [2.45, 2.75) is 322 Å². The van der Waals surface area contributed by atoms with Gasteiger partial charge in [0.25, 0.3) is 0 Å². The first-order valence-electron chi connectivity index (χ1n) is 34.0. The number of rotatable bonds is 61. The summed E-state index contributed by atoms with van der Waals surface area (Å²) >= 11 is 0. The SMILES string of the molecule is CC/C=C\C/C=C\C/C=C\C/C=C\C/C=C\C/C=C\C/C=C\C/C=C\CCCCCCCCC(=O)OCC(COC(=O)CCCCCCC)OC(=O)CCCCCCCCCCCCCCCCC/C=C\C/C=C\CCCCCCC. The van der Waals surface area contributed by atoms with Crippen LogP contribution < -0.4 is 0 Å². The minimum atomic E-state index is -0.784. The number of carbonyl (C=O) groups is 3. The maximum atomic E-state index is 12.9. The van der Waals surface area contributed by atoms with E-state index in [1.165, 1.54) is 141 Å². The Kier molecular flexibility index (Phi) is 64.8. The minimum Gasteiger partial charge on any atom is -0.462 e. The van der Waals surface area contributed by atoms with Crippen molar-refractivity contribution in [3.8, 4) is 0 Å². The molecule has 6 nitrogen and oxygen atoms in total. The van der Waals surface area contributed by atoms with E-state index < -0.39 is 6.10 Å². The lowest BCUT2D eigenvalue weighted by atomic mass is 10.0. The molecule has 0 saturated heterocycles. The van der Waals surface area contributed by atoms with Crippen LogP contribution in [0.2, 0.25) is 0 Å². The molecule has 0 aromatic carbocycles. The normalized spacial score (nSPS) is 12.9. The van der Waals surface area contributed by atoms with Gasteiger partial charge >= 0.3 is 17.9 Å². The monoisotopic (exact) mass is 1120 g/mol. The second-order valence-electron chi connectivity index (χ2n) is 22.4. The Bertz CT molecular complexity index is 1670. The maximum Gasteiger partial charge on any atom is 0.306 e. The van der Waals surface area contributed by atoms with Gasteiger partial charge in [-0.1, -0.05) is 303 Å². The molecule has 0 bridgehead atoms. The van der Waals surface area contributed by atoms with Gasteiger partial charge in [0, 0.05) is 19.3 Å². The van der Waals surface area contributed by atoms with E-state index in [1.807, 2.05) is 0 Å². The highest BCUT2D eigenvalue weighted by molar-refractivity contribution is 5.71. The fourth-order valence-corrected chi connectivity index (χ4v) is 9.37. The lowest BCUT2D eigenvalue weighted by molar-refractivity contribution is -0.167. The summed E-state index contributed by atoms with van der Waals surface area (Å²) in [4.78, 5) is 38.0. The molecule has 0 N–H and O–H groups in total. The van der Waals surface area contributed by atoms with E-state index in [0.717, 1.165) is 135 Å². The molecule has 0 aliphatic rings. The highest BCUT2D eigenvalue weighted by atomic mass is 16.6. The Morgan fingerprint density at radius 2 is 0.481 bits per heavy atom. The van der Waals surface area contributed by atoms with Crippen molar-refractivity contribution in [1.82, 2.24) is 0 Å². The van der Waals surface area contributed by atoms with Crippen molar-refractivity contribution in [3.63, 3.8) is 0 Å². The van der Waals surface area contributed by atoms with Crippen molar-refractivity contribution in [2.24, 2.45) is 0 Å². The standard InChI is InChI=1S/C75H126O6/c1-4-7-10-13-15-17-19-21-23-25-27-29-31-33-35-36-37-38-40-41-43-45-47-49-51-53-55-57-59-62-65-68-74(77)80-71-72(70-79-73(76)67-64-61-12-9-6-3)81-75(78)69-66-63-60-58-56-54-52-50-48-46-44-42-39-34-32-30-28-26-24-22-20-18-16-14-11-8-5-2/h7,10,15,17,20-23,26-29,33,35,37-38,41,43,47,49,72H,4-6,8-9,11-14,16,18-19,24-25,30-32,34,36,39-40,42,44-46,48,50-71H2,1-3H3/b10-7-,17-15-,22-20-,23-21-,28-26-,29-27-,35-33-,38-37-,43-41-,49-47-. The second-order valence-corrected chi connectivity index (χ2v) is 22.4. The van der Waals surface area contributed by atoms with Gasteiger partial charge < -0.3 is 14.2 Å². The zero-order valence-electron chi connectivity index (χ0n) is 53.0. The molecule has 0 saturated carbocycles. The summed E-state index contributed by atoms with van der Waals surface area (Å²) in [7, 11) is 0. The average molecular weight is 1120 g/mol. The summed E-state index contributed by atoms with van der Waals surface area (Å²) in [5.41, 5.74) is 0. The lowest BCUT2D eigenvalue weighted by Crippen LogP contribution is -2.30. The van der Waals surface area contributed by atoms with Crippen LogP contribution in [0, 0.1) is 0 Å². The van der Waals surface area contributed by atoms with Crippen LogP contribution in [-0.2, 0) is 28.6 Å². The minimum absolute atomic E-state index is 0.0836. The molecule has 0 radical (unpaired) electrons. The van der Waals surface area contributed by atoms with Crippen LogP contribution in [0.4, 0.5) is 0 Å². The quantitative estimate of drug-likeness (QED) is 0.0261. The van der Waals surface area contributed by atoms with E-state index in [0.29, 0.717) is 19.3 Å². The summed E-state index contributed by atoms with van der Waals surface area (Å²) in [6.07, 6.45) is 95.5. The molecule has 0 aromatic rings. The Morgan fingerprint density at radius 3 is 0.753 bits per heavy atom. The molecule has 462 valence electrons. The molecule has 0 aliphatic carbocycles. The van der Waals surface area contributed by atoms with Crippen LogP contribution >= 0.6 is 0 Å². The molecule has 0 spiro atoms. The van der Waals surface area contributed by atoms with Crippen LogP contribution in [-0.4, -0.2) is 37.2 Å². The van der Waals surface area contributed by atoms with Gasteiger partial charge in [-0.25, -0.2) is 0 Å². The molecule has 0 aromatic heterocycles. The highest BCUT2D eigenvalue weighted by Gasteiger charge is 2.19. The van der Waals surface area contributed by atoms with Crippen molar-refractivity contribution in [2.75, 3.05) is 13.2 Å². The van der Waals surface area contributed by atoms with Gasteiger partial charge in [0.1, 0.15) is 13.2 Å². The summed E-state index contributed by atoms with van der Waals surface area (Å²) in [6.45, 7) is 6.44. The first-order chi connectivity index (χ1) is 40.0. The number of hydrogen-bond acceptors (Lipinski definition) is 6. The van der Waals surface area contributed by atoms with E-state index >= 15 is 0 Å². The maximum absolute atomic E-state index is 12.9. The van der Waals surface area contributed by atoms with Gasteiger partial charge in [0.2, 0.25) is 0 Å². The Morgan fingerprint density at radius 1 is 0.259 bits per heavy atom. The van der Waals surface area contributed by atoms with E-state index in [-0.39, 0.29) is 31.1 Å². The molecule has 1 unspecified atom stereocenters. The zero-order valence-corrected chi connectivity index (χ0v) is 53.0.